The normalized spacial score (nSPS) is 12.8. The third-order valence-electron chi connectivity index (χ3n) is 3.78. The molecule has 0 saturated carbocycles. The van der Waals surface area contributed by atoms with Gasteiger partial charge in [0.25, 0.3) is 0 Å². The van der Waals surface area contributed by atoms with Gasteiger partial charge in [-0.3, -0.25) is 0 Å². The van der Waals surface area contributed by atoms with E-state index in [1.807, 2.05) is 6.07 Å². The summed E-state index contributed by atoms with van der Waals surface area (Å²) in [6.07, 6.45) is 4.35. The Kier molecular flexibility index (Phi) is 9.82. The fourth-order valence-electron chi connectivity index (χ4n) is 2.46. The molecular formula is C17H30N2O3Si. The van der Waals surface area contributed by atoms with Crippen molar-refractivity contribution in [2.24, 2.45) is 5.73 Å². The van der Waals surface area contributed by atoms with Crippen LogP contribution < -0.4 is 11.1 Å². The van der Waals surface area contributed by atoms with Gasteiger partial charge in [0.15, 0.2) is 0 Å². The molecule has 5 nitrogen and oxygen atoms in total. The number of nitrogens with two attached hydrogens (primary N) is 1. The Balaban J connectivity index is 2.51. The summed E-state index contributed by atoms with van der Waals surface area (Å²) in [4.78, 5) is 0. The fourth-order valence-corrected chi connectivity index (χ4v) is 4.48. The molecule has 0 fully saturated rings. The summed E-state index contributed by atoms with van der Waals surface area (Å²) in [5, 5.41) is 3.29. The lowest BCUT2D eigenvalue weighted by molar-refractivity contribution is 0.0940. The molecule has 0 aliphatic carbocycles. The molecule has 0 heterocycles. The van der Waals surface area contributed by atoms with Crippen LogP contribution >= 0.6 is 0 Å². The molecule has 0 aliphatic rings. The molecule has 0 bridgehead atoms. The van der Waals surface area contributed by atoms with E-state index in [9.17, 15) is 0 Å². The van der Waals surface area contributed by atoms with Crippen LogP contribution in [0.4, 0.5) is 0 Å². The first-order valence-corrected chi connectivity index (χ1v) is 9.98. The van der Waals surface area contributed by atoms with Gasteiger partial charge in [0.05, 0.1) is 0 Å². The van der Waals surface area contributed by atoms with Gasteiger partial charge in [-0.25, -0.2) is 0 Å². The molecule has 23 heavy (non-hydrogen) atoms. The third-order valence-corrected chi connectivity index (χ3v) is 6.63. The van der Waals surface area contributed by atoms with Gasteiger partial charge < -0.3 is 24.3 Å². The van der Waals surface area contributed by atoms with Crippen LogP contribution in [0.3, 0.4) is 0 Å². The highest BCUT2D eigenvalue weighted by Crippen LogP contribution is 2.17. The highest BCUT2D eigenvalue weighted by Gasteiger charge is 2.38. The molecular weight excluding hydrogens is 308 g/mol. The van der Waals surface area contributed by atoms with Crippen LogP contribution in [0.25, 0.3) is 0 Å². The number of benzene rings is 1. The van der Waals surface area contributed by atoms with Crippen LogP contribution in [0.1, 0.15) is 18.4 Å². The molecule has 130 valence electrons. The maximum absolute atomic E-state index is 6.01. The SMILES string of the molecule is C=CNC(CCO[Si](CCCN)(OC)OC)Cc1ccccc1. The lowest BCUT2D eigenvalue weighted by Gasteiger charge is -2.27. The lowest BCUT2D eigenvalue weighted by atomic mass is 10.0. The Hall–Kier alpha value is -1.18. The van der Waals surface area contributed by atoms with E-state index in [1.165, 1.54) is 5.56 Å². The largest absolute Gasteiger partial charge is 0.500 e. The van der Waals surface area contributed by atoms with Crippen LogP contribution in [-0.4, -0.2) is 42.2 Å². The Morgan fingerprint density at radius 3 is 2.52 bits per heavy atom. The molecule has 0 spiro atoms. The van der Waals surface area contributed by atoms with Gasteiger partial charge in [-0.15, -0.1) is 0 Å². The predicted octanol–water partition coefficient (Wildman–Crippen LogP) is 2.32. The van der Waals surface area contributed by atoms with Crippen LogP contribution in [-0.2, 0) is 19.7 Å². The number of hydrogen-bond donors (Lipinski definition) is 2. The van der Waals surface area contributed by atoms with Gasteiger partial charge in [0, 0.05) is 32.9 Å². The minimum atomic E-state index is -2.58. The summed E-state index contributed by atoms with van der Waals surface area (Å²) in [6, 6.07) is 11.4. The Morgan fingerprint density at radius 2 is 1.96 bits per heavy atom. The minimum Gasteiger partial charge on any atom is -0.388 e. The van der Waals surface area contributed by atoms with Crippen molar-refractivity contribution in [1.29, 1.82) is 0 Å². The van der Waals surface area contributed by atoms with Gasteiger partial charge in [-0.05, 0) is 37.6 Å². The Labute approximate surface area is 141 Å². The molecule has 0 aromatic heterocycles. The maximum atomic E-state index is 6.01. The molecule has 0 aliphatic heterocycles. The van der Waals surface area contributed by atoms with Crippen molar-refractivity contribution >= 4 is 8.80 Å². The molecule has 0 saturated heterocycles. The van der Waals surface area contributed by atoms with E-state index in [-0.39, 0.29) is 6.04 Å². The molecule has 3 N–H and O–H groups in total. The van der Waals surface area contributed by atoms with E-state index in [2.05, 4.69) is 36.2 Å². The average molecular weight is 339 g/mol. The summed E-state index contributed by atoms with van der Waals surface area (Å²) in [6.45, 7) is 4.96. The van der Waals surface area contributed by atoms with Gasteiger partial charge >= 0.3 is 8.80 Å². The summed E-state index contributed by atoms with van der Waals surface area (Å²) in [7, 11) is 0.717. The summed E-state index contributed by atoms with van der Waals surface area (Å²) >= 11 is 0. The molecule has 0 radical (unpaired) electrons. The third kappa shape index (κ3) is 7.28. The predicted molar refractivity (Wildman–Crippen MR) is 96.1 cm³/mol. The van der Waals surface area contributed by atoms with Crippen molar-refractivity contribution in [2.45, 2.75) is 31.3 Å². The van der Waals surface area contributed by atoms with Gasteiger partial charge in [0.1, 0.15) is 0 Å². The van der Waals surface area contributed by atoms with Crippen molar-refractivity contribution in [3.63, 3.8) is 0 Å². The van der Waals surface area contributed by atoms with E-state index in [1.54, 1.807) is 20.4 Å². The first-order chi connectivity index (χ1) is 11.2. The smallest absolute Gasteiger partial charge is 0.388 e. The zero-order valence-corrected chi connectivity index (χ0v) is 15.3. The molecule has 1 aromatic rings. The second kappa shape index (κ2) is 11.4. The summed E-state index contributed by atoms with van der Waals surface area (Å²) in [5.74, 6) is 0. The van der Waals surface area contributed by atoms with E-state index in [4.69, 9.17) is 19.0 Å². The van der Waals surface area contributed by atoms with E-state index in [0.29, 0.717) is 13.2 Å². The number of rotatable bonds is 13. The fraction of sp³-hybridized carbons (Fsp3) is 0.529. The molecule has 6 heteroatoms. The van der Waals surface area contributed by atoms with Gasteiger partial charge in [-0.2, -0.15) is 0 Å². The van der Waals surface area contributed by atoms with Crippen molar-refractivity contribution < 1.29 is 13.3 Å². The molecule has 1 atom stereocenters. The van der Waals surface area contributed by atoms with Crippen molar-refractivity contribution in [3.8, 4) is 0 Å². The van der Waals surface area contributed by atoms with E-state index < -0.39 is 8.80 Å². The Morgan fingerprint density at radius 1 is 1.26 bits per heavy atom. The monoisotopic (exact) mass is 338 g/mol. The van der Waals surface area contributed by atoms with Crippen LogP contribution in [0, 0.1) is 0 Å². The second-order valence-electron chi connectivity index (χ2n) is 5.38. The highest BCUT2D eigenvalue weighted by atomic mass is 28.4. The zero-order valence-electron chi connectivity index (χ0n) is 14.3. The second-order valence-corrected chi connectivity index (χ2v) is 8.35. The van der Waals surface area contributed by atoms with E-state index >= 15 is 0 Å². The maximum Gasteiger partial charge on any atom is 0.500 e. The van der Waals surface area contributed by atoms with Crippen LogP contribution in [0.2, 0.25) is 6.04 Å². The van der Waals surface area contributed by atoms with Crippen molar-refractivity contribution in [3.05, 3.63) is 48.7 Å². The van der Waals surface area contributed by atoms with Crippen molar-refractivity contribution in [2.75, 3.05) is 27.4 Å². The topological polar surface area (TPSA) is 65.7 Å². The van der Waals surface area contributed by atoms with Crippen LogP contribution in [0.15, 0.2) is 43.1 Å². The standard InChI is InChI=1S/C17H30N2O3Si/c1-4-19-17(15-16-9-6-5-7-10-16)11-13-22-23(20-2,21-3)14-8-12-18/h4-7,9-10,17,19H,1,8,11-15,18H2,2-3H3. The van der Waals surface area contributed by atoms with Crippen LogP contribution in [0.5, 0.6) is 0 Å². The minimum absolute atomic E-state index is 0.268. The number of hydrogen-bond acceptors (Lipinski definition) is 5. The first-order valence-electron chi connectivity index (χ1n) is 8.05. The van der Waals surface area contributed by atoms with Gasteiger partial charge in [-0.1, -0.05) is 36.9 Å². The average Bonchev–Trinajstić information content (AvgIpc) is 2.59. The van der Waals surface area contributed by atoms with Crippen molar-refractivity contribution in [1.82, 2.24) is 5.32 Å². The molecule has 1 rings (SSSR count). The Bertz CT molecular complexity index is 427. The first kappa shape index (κ1) is 19.9. The van der Waals surface area contributed by atoms with E-state index in [0.717, 1.165) is 25.3 Å². The zero-order chi connectivity index (χ0) is 17.0. The number of nitrogens with one attached hydrogen (secondary N) is 1. The molecule has 0 amide bonds. The highest BCUT2D eigenvalue weighted by molar-refractivity contribution is 6.60. The van der Waals surface area contributed by atoms with Gasteiger partial charge in [0.2, 0.25) is 0 Å². The summed E-state index contributed by atoms with van der Waals surface area (Å²) < 4.78 is 17.1. The molecule has 1 unspecified atom stereocenters. The molecule has 1 aromatic carbocycles. The lowest BCUT2D eigenvalue weighted by Crippen LogP contribution is -2.45. The quantitative estimate of drug-likeness (QED) is 0.540. The summed E-state index contributed by atoms with van der Waals surface area (Å²) in [5.41, 5.74) is 6.87.